The molecule has 3 aromatic heterocycles. The molecule has 1 fully saturated rings. The molecule has 0 aromatic carbocycles. The van der Waals surface area contributed by atoms with E-state index < -0.39 is 0 Å². The summed E-state index contributed by atoms with van der Waals surface area (Å²) in [6.45, 7) is 2.32. The molecule has 10 heteroatoms. The van der Waals surface area contributed by atoms with Crippen LogP contribution in [-0.4, -0.2) is 45.6 Å². The molecule has 3 aromatic rings. The molecule has 3 amide bonds. The zero-order valence-corrected chi connectivity index (χ0v) is 16.0. The first-order chi connectivity index (χ1) is 13.0. The molecular formula is C17H16N4O4S2. The Morgan fingerprint density at radius 2 is 2.26 bits per heavy atom. The Kier molecular flexibility index (Phi) is 4.75. The van der Waals surface area contributed by atoms with Crippen molar-refractivity contribution in [3.63, 3.8) is 0 Å². The smallest absolute Gasteiger partial charge is 0.324 e. The first-order valence-electron chi connectivity index (χ1n) is 8.29. The Labute approximate surface area is 162 Å². The van der Waals surface area contributed by atoms with Crippen LogP contribution in [0.1, 0.15) is 18.0 Å². The number of carbonyl (C=O) groups excluding carboxylic acids is 2. The first kappa shape index (κ1) is 17.8. The van der Waals surface area contributed by atoms with Crippen LogP contribution in [0.5, 0.6) is 0 Å². The minimum absolute atomic E-state index is 0.0565. The number of hydrogen-bond acceptors (Lipinski definition) is 7. The van der Waals surface area contributed by atoms with E-state index in [1.54, 1.807) is 12.3 Å². The van der Waals surface area contributed by atoms with Gasteiger partial charge in [-0.3, -0.25) is 14.5 Å². The van der Waals surface area contributed by atoms with Crippen molar-refractivity contribution in [3.8, 4) is 11.3 Å². The average molecular weight is 404 g/mol. The Morgan fingerprint density at radius 3 is 2.96 bits per heavy atom. The molecule has 4 rings (SSSR count). The summed E-state index contributed by atoms with van der Waals surface area (Å²) in [7, 11) is 0. The third-order valence-corrected chi connectivity index (χ3v) is 6.27. The Morgan fingerprint density at radius 1 is 1.41 bits per heavy atom. The number of hydrogen-bond donors (Lipinski definition) is 2. The number of amides is 3. The van der Waals surface area contributed by atoms with E-state index in [1.807, 2.05) is 18.4 Å². The summed E-state index contributed by atoms with van der Waals surface area (Å²) in [5.41, 5.74) is 0.531. The molecule has 4 heterocycles. The number of urea groups is 1. The number of rotatable bonds is 6. The van der Waals surface area contributed by atoms with Crippen molar-refractivity contribution in [3.05, 3.63) is 40.0 Å². The molecule has 1 aliphatic rings. The van der Waals surface area contributed by atoms with Gasteiger partial charge in [0, 0.05) is 23.2 Å². The number of carbonyl (C=O) groups is 2. The van der Waals surface area contributed by atoms with Gasteiger partial charge in [-0.05, 0) is 19.1 Å². The van der Waals surface area contributed by atoms with E-state index in [9.17, 15) is 14.4 Å². The maximum Gasteiger partial charge on any atom is 0.324 e. The van der Waals surface area contributed by atoms with Gasteiger partial charge in [0.25, 0.3) is 5.56 Å². The Bertz CT molecular complexity index is 1040. The van der Waals surface area contributed by atoms with Crippen LogP contribution >= 0.6 is 23.1 Å². The number of aromatic amines is 1. The van der Waals surface area contributed by atoms with Crippen LogP contribution in [0.25, 0.3) is 21.5 Å². The molecule has 0 radical (unpaired) electrons. The van der Waals surface area contributed by atoms with Gasteiger partial charge in [-0.15, -0.1) is 23.1 Å². The lowest BCUT2D eigenvalue weighted by Gasteiger charge is -2.14. The third kappa shape index (κ3) is 3.37. The molecule has 0 saturated carbocycles. The summed E-state index contributed by atoms with van der Waals surface area (Å²) in [5.74, 6) is 1.55. The molecule has 1 aliphatic heterocycles. The van der Waals surface area contributed by atoms with Gasteiger partial charge in [0.2, 0.25) is 5.91 Å². The molecule has 0 aliphatic carbocycles. The molecule has 2 N–H and O–H groups in total. The number of nitrogens with one attached hydrogen (secondary N) is 2. The first-order valence-corrected chi connectivity index (χ1v) is 10.2. The van der Waals surface area contributed by atoms with E-state index in [-0.39, 0.29) is 29.3 Å². The fraction of sp³-hybridized carbons (Fsp3) is 0.294. The molecular weight excluding hydrogens is 388 g/mol. The van der Waals surface area contributed by atoms with Crippen LogP contribution in [0.3, 0.4) is 0 Å². The van der Waals surface area contributed by atoms with Crippen molar-refractivity contribution < 1.29 is 14.0 Å². The molecule has 0 spiro atoms. The van der Waals surface area contributed by atoms with Crippen molar-refractivity contribution in [1.82, 2.24) is 20.2 Å². The molecule has 140 valence electrons. The van der Waals surface area contributed by atoms with Crippen LogP contribution in [-0.2, 0) is 4.79 Å². The second kappa shape index (κ2) is 7.20. The average Bonchev–Trinajstić information content (AvgIpc) is 3.37. The van der Waals surface area contributed by atoms with Gasteiger partial charge in [-0.2, -0.15) is 0 Å². The van der Waals surface area contributed by atoms with Gasteiger partial charge in [-0.25, -0.2) is 9.78 Å². The lowest BCUT2D eigenvalue weighted by molar-refractivity contribution is -0.124. The lowest BCUT2D eigenvalue weighted by atomic mass is 10.2. The van der Waals surface area contributed by atoms with Crippen LogP contribution < -0.4 is 10.9 Å². The summed E-state index contributed by atoms with van der Waals surface area (Å²) < 4.78 is 5.40. The predicted octanol–water partition coefficient (Wildman–Crippen LogP) is 2.59. The number of fused-ring (bicyclic) bond motifs is 1. The highest BCUT2D eigenvalue weighted by Crippen LogP contribution is 2.32. The number of thiophene rings is 1. The highest BCUT2D eigenvalue weighted by atomic mass is 32.2. The van der Waals surface area contributed by atoms with Crippen LogP contribution in [0.2, 0.25) is 0 Å². The topological polar surface area (TPSA) is 108 Å². The zero-order chi connectivity index (χ0) is 19.0. The third-order valence-electron chi connectivity index (χ3n) is 4.25. The molecule has 27 heavy (non-hydrogen) atoms. The van der Waals surface area contributed by atoms with E-state index in [4.69, 9.17) is 4.42 Å². The van der Waals surface area contributed by atoms with Gasteiger partial charge in [-0.1, -0.05) is 0 Å². The van der Waals surface area contributed by atoms with E-state index in [1.165, 1.54) is 28.0 Å². The van der Waals surface area contributed by atoms with Crippen LogP contribution in [0.15, 0.2) is 33.0 Å². The number of nitrogens with zero attached hydrogens (tertiary/aromatic N) is 2. The minimum atomic E-state index is -0.356. The number of thioether (sulfide) groups is 1. The van der Waals surface area contributed by atoms with E-state index in [0.717, 1.165) is 5.56 Å². The lowest BCUT2D eigenvalue weighted by Crippen LogP contribution is -2.33. The number of aromatic nitrogens is 2. The standard InChI is InChI=1S/C17H16N4O4S2/c1-9(26-6-4-21-12(22)7-18-17(21)24)14-19-15(23)13-10(8-27-16(13)20-14)11-3-2-5-25-11/h2-3,5,8-9H,4,6-7H2,1H3,(H,18,24)(H,19,20,23). The Hall–Kier alpha value is -2.59. The summed E-state index contributed by atoms with van der Waals surface area (Å²) >= 11 is 2.92. The second-order valence-electron chi connectivity index (χ2n) is 5.98. The summed E-state index contributed by atoms with van der Waals surface area (Å²) in [5, 5.41) is 4.80. The maximum absolute atomic E-state index is 12.6. The van der Waals surface area contributed by atoms with Crippen molar-refractivity contribution in [2.45, 2.75) is 12.2 Å². The SMILES string of the molecule is CC(SCCN1C(=O)CNC1=O)c1nc2scc(-c3ccco3)c2c(=O)[nH]1. The minimum Gasteiger partial charge on any atom is -0.464 e. The molecule has 1 saturated heterocycles. The van der Waals surface area contributed by atoms with Gasteiger partial charge < -0.3 is 14.7 Å². The largest absolute Gasteiger partial charge is 0.464 e. The number of H-pyrrole nitrogens is 1. The highest BCUT2D eigenvalue weighted by molar-refractivity contribution is 7.99. The number of imide groups is 1. The monoisotopic (exact) mass is 404 g/mol. The molecule has 1 atom stereocenters. The maximum atomic E-state index is 12.6. The second-order valence-corrected chi connectivity index (χ2v) is 8.28. The summed E-state index contributed by atoms with van der Waals surface area (Å²) in [6.07, 6.45) is 1.57. The fourth-order valence-corrected chi connectivity index (χ4v) is 4.70. The number of furan rings is 1. The van der Waals surface area contributed by atoms with Crippen molar-refractivity contribution in [2.75, 3.05) is 18.8 Å². The van der Waals surface area contributed by atoms with Crippen molar-refractivity contribution in [2.24, 2.45) is 0 Å². The summed E-state index contributed by atoms with van der Waals surface area (Å²) in [4.78, 5) is 45.0. The van der Waals surface area contributed by atoms with Gasteiger partial charge in [0.15, 0.2) is 0 Å². The normalized spacial score (nSPS) is 15.5. The molecule has 0 bridgehead atoms. The molecule has 8 nitrogen and oxygen atoms in total. The highest BCUT2D eigenvalue weighted by Gasteiger charge is 2.28. The van der Waals surface area contributed by atoms with Gasteiger partial charge in [0.05, 0.1) is 23.4 Å². The van der Waals surface area contributed by atoms with Gasteiger partial charge >= 0.3 is 6.03 Å². The predicted molar refractivity (Wildman–Crippen MR) is 104 cm³/mol. The van der Waals surface area contributed by atoms with Crippen molar-refractivity contribution >= 4 is 45.3 Å². The van der Waals surface area contributed by atoms with Crippen LogP contribution in [0, 0.1) is 0 Å². The molecule has 1 unspecified atom stereocenters. The zero-order valence-electron chi connectivity index (χ0n) is 14.4. The summed E-state index contributed by atoms with van der Waals surface area (Å²) in [6, 6.07) is 3.23. The van der Waals surface area contributed by atoms with E-state index in [2.05, 4.69) is 15.3 Å². The fourth-order valence-electron chi connectivity index (χ4n) is 2.85. The van der Waals surface area contributed by atoms with E-state index >= 15 is 0 Å². The van der Waals surface area contributed by atoms with E-state index in [0.29, 0.717) is 34.1 Å². The Balaban J connectivity index is 1.49. The quantitative estimate of drug-likeness (QED) is 0.612. The van der Waals surface area contributed by atoms with Crippen molar-refractivity contribution in [1.29, 1.82) is 0 Å². The van der Waals surface area contributed by atoms with Gasteiger partial charge in [0.1, 0.15) is 16.4 Å². The van der Waals surface area contributed by atoms with Crippen LogP contribution in [0.4, 0.5) is 4.79 Å².